The van der Waals surface area contributed by atoms with Crippen molar-refractivity contribution >= 4 is 5.82 Å². The van der Waals surface area contributed by atoms with Crippen molar-refractivity contribution in [3.8, 4) is 6.07 Å². The van der Waals surface area contributed by atoms with Crippen LogP contribution in [-0.2, 0) is 0 Å². The SMILES string of the molecule is CN(CCC1CCCCN1C)c1cnc(C#N)cn1. The van der Waals surface area contributed by atoms with Gasteiger partial charge < -0.3 is 9.80 Å². The van der Waals surface area contributed by atoms with Crippen molar-refractivity contribution in [3.63, 3.8) is 0 Å². The van der Waals surface area contributed by atoms with Gasteiger partial charge in [0.25, 0.3) is 0 Å². The summed E-state index contributed by atoms with van der Waals surface area (Å²) in [7, 11) is 4.24. The molecular weight excluding hydrogens is 238 g/mol. The number of nitriles is 1. The molecule has 1 fully saturated rings. The van der Waals surface area contributed by atoms with Crippen LogP contribution in [0.25, 0.3) is 0 Å². The summed E-state index contributed by atoms with van der Waals surface area (Å²) in [4.78, 5) is 12.9. The Morgan fingerprint density at radius 2 is 2.26 bits per heavy atom. The van der Waals surface area contributed by atoms with Crippen molar-refractivity contribution in [3.05, 3.63) is 18.1 Å². The topological polar surface area (TPSA) is 56.0 Å². The Hall–Kier alpha value is -1.67. The molecule has 2 heterocycles. The molecule has 0 aromatic carbocycles. The minimum Gasteiger partial charge on any atom is -0.358 e. The van der Waals surface area contributed by atoms with E-state index in [1.165, 1.54) is 32.0 Å². The first kappa shape index (κ1) is 13.8. The molecule has 0 aliphatic carbocycles. The van der Waals surface area contributed by atoms with E-state index in [0.29, 0.717) is 11.7 Å². The second kappa shape index (κ2) is 6.48. The molecule has 102 valence electrons. The molecule has 1 saturated heterocycles. The Bertz CT molecular complexity index is 436. The molecule has 1 aromatic rings. The van der Waals surface area contributed by atoms with E-state index in [0.717, 1.165) is 18.8 Å². The molecule has 0 amide bonds. The molecule has 19 heavy (non-hydrogen) atoms. The molecule has 0 N–H and O–H groups in total. The number of anilines is 1. The van der Waals surface area contributed by atoms with Gasteiger partial charge >= 0.3 is 0 Å². The number of rotatable bonds is 4. The van der Waals surface area contributed by atoms with Crippen LogP contribution in [0.4, 0.5) is 5.82 Å². The Morgan fingerprint density at radius 1 is 1.42 bits per heavy atom. The van der Waals surface area contributed by atoms with Gasteiger partial charge in [-0.15, -0.1) is 0 Å². The molecule has 5 heteroatoms. The lowest BCUT2D eigenvalue weighted by Gasteiger charge is -2.33. The number of aromatic nitrogens is 2. The molecule has 1 aliphatic rings. The number of piperidine rings is 1. The molecule has 0 bridgehead atoms. The Kier molecular flexibility index (Phi) is 4.69. The van der Waals surface area contributed by atoms with Gasteiger partial charge in [0.15, 0.2) is 5.69 Å². The Balaban J connectivity index is 1.86. The van der Waals surface area contributed by atoms with Gasteiger partial charge in [-0.25, -0.2) is 9.97 Å². The van der Waals surface area contributed by atoms with Crippen LogP contribution < -0.4 is 4.90 Å². The largest absolute Gasteiger partial charge is 0.358 e. The summed E-state index contributed by atoms with van der Waals surface area (Å²) < 4.78 is 0. The maximum Gasteiger partial charge on any atom is 0.158 e. The number of hydrogen-bond donors (Lipinski definition) is 0. The van der Waals surface area contributed by atoms with E-state index in [-0.39, 0.29) is 0 Å². The van der Waals surface area contributed by atoms with E-state index < -0.39 is 0 Å². The smallest absolute Gasteiger partial charge is 0.158 e. The van der Waals surface area contributed by atoms with Gasteiger partial charge in [-0.2, -0.15) is 5.26 Å². The fourth-order valence-corrected chi connectivity index (χ4v) is 2.54. The van der Waals surface area contributed by atoms with Crippen LogP contribution >= 0.6 is 0 Å². The van der Waals surface area contributed by atoms with Crippen molar-refractivity contribution in [2.75, 3.05) is 32.1 Å². The second-order valence-corrected chi connectivity index (χ2v) is 5.21. The average Bonchev–Trinajstić information content (AvgIpc) is 2.46. The quantitative estimate of drug-likeness (QED) is 0.823. The average molecular weight is 259 g/mol. The van der Waals surface area contributed by atoms with Gasteiger partial charge in [-0.05, 0) is 32.9 Å². The molecule has 0 spiro atoms. The van der Waals surface area contributed by atoms with Crippen molar-refractivity contribution in [1.82, 2.24) is 14.9 Å². The number of likely N-dealkylation sites (tertiary alicyclic amines) is 1. The standard InChI is InChI=1S/C14H21N5/c1-18-7-4-3-5-13(18)6-8-19(2)14-11-16-12(9-15)10-17-14/h10-11,13H,3-8H2,1-2H3. The minimum absolute atomic E-state index is 0.365. The van der Waals surface area contributed by atoms with Gasteiger partial charge in [0.2, 0.25) is 0 Å². The third kappa shape index (κ3) is 3.65. The summed E-state index contributed by atoms with van der Waals surface area (Å²) in [5, 5.41) is 8.70. The van der Waals surface area contributed by atoms with E-state index in [1.54, 1.807) is 6.20 Å². The normalized spacial score (nSPS) is 19.9. The van der Waals surface area contributed by atoms with Crippen molar-refractivity contribution < 1.29 is 0 Å². The second-order valence-electron chi connectivity index (χ2n) is 5.21. The van der Waals surface area contributed by atoms with E-state index >= 15 is 0 Å². The zero-order chi connectivity index (χ0) is 13.7. The summed E-state index contributed by atoms with van der Waals surface area (Å²) in [6, 6.07) is 2.67. The van der Waals surface area contributed by atoms with Gasteiger partial charge in [0.1, 0.15) is 11.9 Å². The fourth-order valence-electron chi connectivity index (χ4n) is 2.54. The lowest BCUT2D eigenvalue weighted by atomic mass is 10.00. The zero-order valence-corrected chi connectivity index (χ0v) is 11.7. The van der Waals surface area contributed by atoms with Crippen LogP contribution in [0.5, 0.6) is 0 Å². The van der Waals surface area contributed by atoms with E-state index in [1.807, 2.05) is 13.1 Å². The Morgan fingerprint density at radius 3 is 2.89 bits per heavy atom. The van der Waals surface area contributed by atoms with Gasteiger partial charge in [-0.3, -0.25) is 0 Å². The van der Waals surface area contributed by atoms with Gasteiger partial charge in [-0.1, -0.05) is 6.42 Å². The highest BCUT2D eigenvalue weighted by molar-refractivity contribution is 5.35. The summed E-state index contributed by atoms with van der Waals surface area (Å²) in [6.45, 7) is 2.18. The molecule has 5 nitrogen and oxygen atoms in total. The maximum absolute atomic E-state index is 8.70. The summed E-state index contributed by atoms with van der Waals surface area (Å²) in [6.07, 6.45) is 8.30. The van der Waals surface area contributed by atoms with Crippen molar-refractivity contribution in [2.24, 2.45) is 0 Å². The van der Waals surface area contributed by atoms with Crippen LogP contribution in [0.2, 0.25) is 0 Å². The lowest BCUT2D eigenvalue weighted by molar-refractivity contribution is 0.178. The zero-order valence-electron chi connectivity index (χ0n) is 11.7. The first-order valence-electron chi connectivity index (χ1n) is 6.84. The monoisotopic (exact) mass is 259 g/mol. The van der Waals surface area contributed by atoms with Crippen LogP contribution in [-0.4, -0.2) is 48.1 Å². The number of nitrogens with zero attached hydrogens (tertiary/aromatic N) is 5. The third-order valence-corrected chi connectivity index (χ3v) is 3.86. The lowest BCUT2D eigenvalue weighted by Crippen LogP contribution is -2.38. The predicted molar refractivity (Wildman–Crippen MR) is 74.9 cm³/mol. The highest BCUT2D eigenvalue weighted by atomic mass is 15.2. The molecule has 2 rings (SSSR count). The first-order chi connectivity index (χ1) is 9.20. The van der Waals surface area contributed by atoms with E-state index in [4.69, 9.17) is 5.26 Å². The molecule has 1 aliphatic heterocycles. The molecule has 1 aromatic heterocycles. The predicted octanol–water partition coefficient (Wildman–Crippen LogP) is 1.66. The minimum atomic E-state index is 0.365. The van der Waals surface area contributed by atoms with Crippen LogP contribution in [0.15, 0.2) is 12.4 Å². The summed E-state index contributed by atoms with van der Waals surface area (Å²) in [5.74, 6) is 0.831. The summed E-state index contributed by atoms with van der Waals surface area (Å²) >= 11 is 0. The highest BCUT2D eigenvalue weighted by Crippen LogP contribution is 2.18. The first-order valence-corrected chi connectivity index (χ1v) is 6.84. The fraction of sp³-hybridized carbons (Fsp3) is 0.643. The molecule has 1 atom stereocenters. The van der Waals surface area contributed by atoms with E-state index in [9.17, 15) is 0 Å². The van der Waals surface area contributed by atoms with Crippen molar-refractivity contribution in [1.29, 1.82) is 5.26 Å². The summed E-state index contributed by atoms with van der Waals surface area (Å²) in [5.41, 5.74) is 0.365. The van der Waals surface area contributed by atoms with Crippen LogP contribution in [0, 0.1) is 11.3 Å². The highest BCUT2D eigenvalue weighted by Gasteiger charge is 2.19. The maximum atomic E-state index is 8.70. The molecule has 1 unspecified atom stereocenters. The Labute approximate surface area is 114 Å². The number of hydrogen-bond acceptors (Lipinski definition) is 5. The molecular formula is C14H21N5. The van der Waals surface area contributed by atoms with Gasteiger partial charge in [0, 0.05) is 19.6 Å². The van der Waals surface area contributed by atoms with Crippen LogP contribution in [0.1, 0.15) is 31.4 Å². The van der Waals surface area contributed by atoms with E-state index in [2.05, 4.69) is 26.8 Å². The molecule has 0 saturated carbocycles. The van der Waals surface area contributed by atoms with Gasteiger partial charge in [0.05, 0.1) is 12.4 Å². The third-order valence-electron chi connectivity index (χ3n) is 3.86. The van der Waals surface area contributed by atoms with Crippen molar-refractivity contribution in [2.45, 2.75) is 31.7 Å². The van der Waals surface area contributed by atoms with Crippen LogP contribution in [0.3, 0.4) is 0 Å². The molecule has 0 radical (unpaired) electrons.